The van der Waals surface area contributed by atoms with Crippen LogP contribution in [0.25, 0.3) is 0 Å². The van der Waals surface area contributed by atoms with Gasteiger partial charge in [-0.15, -0.1) is 0 Å². The number of esters is 1. The fourth-order valence-electron chi connectivity index (χ4n) is 2.30. The normalized spacial score (nSPS) is 24.5. The SMILES string of the molecule is CCC=CCC1C(=O)CCC1CC(=O)OCO. The second kappa shape index (κ2) is 7.22. The van der Waals surface area contributed by atoms with Crippen LogP contribution in [0.3, 0.4) is 0 Å². The van der Waals surface area contributed by atoms with Gasteiger partial charge in [0.2, 0.25) is 0 Å². The summed E-state index contributed by atoms with van der Waals surface area (Å²) in [5, 5.41) is 8.48. The van der Waals surface area contributed by atoms with Gasteiger partial charge in [-0.2, -0.15) is 0 Å². The first-order chi connectivity index (χ1) is 8.19. The number of ketones is 1. The number of hydrogen-bond donors (Lipinski definition) is 1. The van der Waals surface area contributed by atoms with Gasteiger partial charge in [0.15, 0.2) is 6.79 Å². The highest BCUT2D eigenvalue weighted by atomic mass is 16.6. The molecule has 0 spiro atoms. The van der Waals surface area contributed by atoms with Crippen LogP contribution in [0.5, 0.6) is 0 Å². The molecule has 1 aliphatic rings. The van der Waals surface area contributed by atoms with Crippen molar-refractivity contribution in [2.24, 2.45) is 11.8 Å². The Morgan fingerprint density at radius 2 is 2.29 bits per heavy atom. The molecule has 1 rings (SSSR count). The third-order valence-corrected chi connectivity index (χ3v) is 3.19. The minimum absolute atomic E-state index is 0.0518. The number of rotatable bonds is 6. The zero-order chi connectivity index (χ0) is 12.7. The van der Waals surface area contributed by atoms with Gasteiger partial charge in [0.05, 0.1) is 0 Å². The lowest BCUT2D eigenvalue weighted by Gasteiger charge is -2.15. The van der Waals surface area contributed by atoms with E-state index in [0.29, 0.717) is 12.8 Å². The Bertz CT molecular complexity index is 296. The van der Waals surface area contributed by atoms with Gasteiger partial charge in [-0.3, -0.25) is 9.59 Å². The maximum Gasteiger partial charge on any atom is 0.308 e. The summed E-state index contributed by atoms with van der Waals surface area (Å²) in [5.74, 6) is -0.156. The van der Waals surface area contributed by atoms with E-state index >= 15 is 0 Å². The van der Waals surface area contributed by atoms with E-state index in [1.165, 1.54) is 0 Å². The Balaban J connectivity index is 2.49. The lowest BCUT2D eigenvalue weighted by atomic mass is 9.89. The molecule has 2 unspecified atom stereocenters. The van der Waals surface area contributed by atoms with Gasteiger partial charge in [0.25, 0.3) is 0 Å². The molecule has 0 saturated heterocycles. The van der Waals surface area contributed by atoms with E-state index in [0.717, 1.165) is 12.8 Å². The minimum atomic E-state index is -0.583. The van der Waals surface area contributed by atoms with Crippen molar-refractivity contribution in [1.82, 2.24) is 0 Å². The summed E-state index contributed by atoms with van der Waals surface area (Å²) in [6.07, 6.45) is 7.26. The fraction of sp³-hybridized carbons (Fsp3) is 0.692. The molecule has 17 heavy (non-hydrogen) atoms. The molecular formula is C13H20O4. The number of allylic oxidation sites excluding steroid dienone is 2. The third-order valence-electron chi connectivity index (χ3n) is 3.19. The van der Waals surface area contributed by atoms with E-state index in [9.17, 15) is 9.59 Å². The van der Waals surface area contributed by atoms with Gasteiger partial charge in [0, 0.05) is 18.8 Å². The van der Waals surface area contributed by atoms with Crippen molar-refractivity contribution in [3.63, 3.8) is 0 Å². The Morgan fingerprint density at radius 3 is 2.94 bits per heavy atom. The number of hydrogen-bond acceptors (Lipinski definition) is 4. The Hall–Kier alpha value is -1.16. The smallest absolute Gasteiger partial charge is 0.308 e. The van der Waals surface area contributed by atoms with Crippen LogP contribution >= 0.6 is 0 Å². The molecule has 1 saturated carbocycles. The van der Waals surface area contributed by atoms with E-state index in [-0.39, 0.29) is 24.0 Å². The molecule has 96 valence electrons. The average Bonchev–Trinajstić information content (AvgIpc) is 2.62. The second-order valence-corrected chi connectivity index (χ2v) is 4.34. The molecule has 0 bridgehead atoms. The predicted molar refractivity (Wildman–Crippen MR) is 63.1 cm³/mol. The van der Waals surface area contributed by atoms with E-state index in [1.54, 1.807) is 0 Å². The topological polar surface area (TPSA) is 63.6 Å². The van der Waals surface area contributed by atoms with Gasteiger partial charge in [0.1, 0.15) is 5.78 Å². The van der Waals surface area contributed by atoms with Crippen molar-refractivity contribution in [3.8, 4) is 0 Å². The van der Waals surface area contributed by atoms with Gasteiger partial charge < -0.3 is 9.84 Å². The zero-order valence-electron chi connectivity index (χ0n) is 10.2. The van der Waals surface area contributed by atoms with Crippen LogP contribution in [0.1, 0.15) is 39.0 Å². The Labute approximate surface area is 102 Å². The summed E-state index contributed by atoms with van der Waals surface area (Å²) >= 11 is 0. The third kappa shape index (κ3) is 4.30. The van der Waals surface area contributed by atoms with Crippen LogP contribution in [0.2, 0.25) is 0 Å². The number of ether oxygens (including phenoxy) is 1. The van der Waals surface area contributed by atoms with Crippen molar-refractivity contribution >= 4 is 11.8 Å². The standard InChI is InChI=1S/C13H20O4/c1-2-3-4-5-11-10(6-7-12(11)15)8-13(16)17-9-14/h3-4,10-11,14H,2,5-9H2,1H3. The highest BCUT2D eigenvalue weighted by Gasteiger charge is 2.35. The maximum atomic E-state index is 11.7. The van der Waals surface area contributed by atoms with Gasteiger partial charge in [-0.1, -0.05) is 19.1 Å². The molecule has 0 aromatic heterocycles. The molecule has 1 aliphatic carbocycles. The summed E-state index contributed by atoms with van der Waals surface area (Å²) in [6, 6.07) is 0. The van der Waals surface area contributed by atoms with Gasteiger partial charge in [-0.25, -0.2) is 0 Å². The lowest BCUT2D eigenvalue weighted by molar-refractivity contribution is -0.153. The summed E-state index contributed by atoms with van der Waals surface area (Å²) < 4.78 is 4.50. The largest absolute Gasteiger partial charge is 0.439 e. The quantitative estimate of drug-likeness (QED) is 0.437. The van der Waals surface area contributed by atoms with E-state index in [4.69, 9.17) is 5.11 Å². The van der Waals surface area contributed by atoms with Crippen LogP contribution < -0.4 is 0 Å². The molecule has 4 heteroatoms. The summed E-state index contributed by atoms with van der Waals surface area (Å²) in [6.45, 7) is 1.46. The predicted octanol–water partition coefficient (Wildman–Crippen LogP) is 1.82. The highest BCUT2D eigenvalue weighted by Crippen LogP contribution is 2.34. The first-order valence-electron chi connectivity index (χ1n) is 6.13. The molecule has 0 radical (unpaired) electrons. The van der Waals surface area contributed by atoms with Crippen LogP contribution in [-0.2, 0) is 14.3 Å². The number of aliphatic hydroxyl groups excluding tert-OH is 1. The zero-order valence-corrected chi connectivity index (χ0v) is 10.2. The number of aliphatic hydroxyl groups is 1. The Kier molecular flexibility index (Phi) is 5.91. The first-order valence-corrected chi connectivity index (χ1v) is 6.13. The summed E-state index contributed by atoms with van der Waals surface area (Å²) in [4.78, 5) is 23.0. The minimum Gasteiger partial charge on any atom is -0.439 e. The molecule has 4 nitrogen and oxygen atoms in total. The molecule has 0 aromatic rings. The molecule has 0 aliphatic heterocycles. The van der Waals surface area contributed by atoms with Crippen molar-refractivity contribution in [1.29, 1.82) is 0 Å². The summed E-state index contributed by atoms with van der Waals surface area (Å²) in [7, 11) is 0. The van der Waals surface area contributed by atoms with Crippen LogP contribution in [0.15, 0.2) is 12.2 Å². The van der Waals surface area contributed by atoms with Gasteiger partial charge in [-0.05, 0) is 25.2 Å². The van der Waals surface area contributed by atoms with Crippen LogP contribution in [0.4, 0.5) is 0 Å². The lowest BCUT2D eigenvalue weighted by Crippen LogP contribution is -2.18. The number of carbonyl (C=O) groups is 2. The van der Waals surface area contributed by atoms with Crippen molar-refractivity contribution in [3.05, 3.63) is 12.2 Å². The molecule has 1 N–H and O–H groups in total. The molecule has 1 fully saturated rings. The fourth-order valence-corrected chi connectivity index (χ4v) is 2.30. The maximum absolute atomic E-state index is 11.7. The summed E-state index contributed by atoms with van der Waals surface area (Å²) in [5.41, 5.74) is 0. The van der Waals surface area contributed by atoms with Crippen LogP contribution in [-0.4, -0.2) is 23.7 Å². The monoisotopic (exact) mass is 240 g/mol. The van der Waals surface area contributed by atoms with Crippen molar-refractivity contribution in [2.45, 2.75) is 39.0 Å². The second-order valence-electron chi connectivity index (χ2n) is 4.34. The average molecular weight is 240 g/mol. The first kappa shape index (κ1) is 13.9. The highest BCUT2D eigenvalue weighted by molar-refractivity contribution is 5.84. The number of carbonyl (C=O) groups excluding carboxylic acids is 2. The molecule has 0 aromatic carbocycles. The Morgan fingerprint density at radius 1 is 1.53 bits per heavy atom. The molecule has 0 amide bonds. The van der Waals surface area contributed by atoms with E-state index in [2.05, 4.69) is 4.74 Å². The van der Waals surface area contributed by atoms with E-state index in [1.807, 2.05) is 19.1 Å². The van der Waals surface area contributed by atoms with Gasteiger partial charge >= 0.3 is 5.97 Å². The van der Waals surface area contributed by atoms with E-state index < -0.39 is 12.8 Å². The van der Waals surface area contributed by atoms with Crippen molar-refractivity contribution in [2.75, 3.05) is 6.79 Å². The molecular weight excluding hydrogens is 220 g/mol. The number of Topliss-reactive ketones (excluding diaryl/α,β-unsaturated/α-hetero) is 1. The van der Waals surface area contributed by atoms with Crippen molar-refractivity contribution < 1.29 is 19.4 Å². The molecule has 0 heterocycles. The van der Waals surface area contributed by atoms with Crippen LogP contribution in [0, 0.1) is 11.8 Å². The molecule has 2 atom stereocenters.